The van der Waals surface area contributed by atoms with Crippen LogP contribution in [0.25, 0.3) is 0 Å². The molecule has 0 heterocycles. The predicted octanol–water partition coefficient (Wildman–Crippen LogP) is 4.51. The second-order valence-corrected chi connectivity index (χ2v) is 6.53. The van der Waals surface area contributed by atoms with Gasteiger partial charge in [-0.2, -0.15) is 13.2 Å². The van der Waals surface area contributed by atoms with Crippen molar-refractivity contribution in [1.29, 1.82) is 0 Å². The molecule has 1 atom stereocenters. The highest BCUT2D eigenvalue weighted by molar-refractivity contribution is 6.04. The summed E-state index contributed by atoms with van der Waals surface area (Å²) in [5.41, 5.74) is 1.02. The molecular weight excluding hydrogens is 385 g/mol. The van der Waals surface area contributed by atoms with E-state index in [0.717, 1.165) is 12.0 Å². The zero-order valence-corrected chi connectivity index (χ0v) is 16.2. The number of rotatable bonds is 8. The Morgan fingerprint density at radius 1 is 1.07 bits per heavy atom. The van der Waals surface area contributed by atoms with Gasteiger partial charge in [0, 0.05) is 0 Å². The maximum atomic E-state index is 12.3. The normalized spacial score (nSPS) is 12.2. The molecular formula is C21H23F3N2O3. The van der Waals surface area contributed by atoms with Crippen LogP contribution in [-0.4, -0.2) is 31.1 Å². The van der Waals surface area contributed by atoms with Gasteiger partial charge in [-0.25, -0.2) is 0 Å². The van der Waals surface area contributed by atoms with E-state index in [0.29, 0.717) is 5.75 Å². The lowest BCUT2D eigenvalue weighted by Crippen LogP contribution is -2.34. The molecule has 0 aliphatic rings. The van der Waals surface area contributed by atoms with Crippen molar-refractivity contribution in [3.05, 3.63) is 59.7 Å². The van der Waals surface area contributed by atoms with Crippen molar-refractivity contribution in [1.82, 2.24) is 5.32 Å². The lowest BCUT2D eigenvalue weighted by molar-refractivity contribution is -0.123. The van der Waals surface area contributed by atoms with Gasteiger partial charge >= 0.3 is 6.18 Å². The molecule has 0 aliphatic heterocycles. The van der Waals surface area contributed by atoms with Crippen molar-refractivity contribution >= 4 is 17.5 Å². The van der Waals surface area contributed by atoms with E-state index in [9.17, 15) is 22.8 Å². The molecule has 29 heavy (non-hydrogen) atoms. The molecule has 2 rings (SSSR count). The van der Waals surface area contributed by atoms with Crippen molar-refractivity contribution in [2.24, 2.45) is 0 Å². The minimum Gasteiger partial charge on any atom is -0.483 e. The summed E-state index contributed by atoms with van der Waals surface area (Å²) in [5.74, 6) is -0.609. The predicted molar refractivity (Wildman–Crippen MR) is 104 cm³/mol. The minimum absolute atomic E-state index is 0.0647. The van der Waals surface area contributed by atoms with Crippen LogP contribution in [0.15, 0.2) is 48.5 Å². The molecule has 0 bridgehead atoms. The van der Waals surface area contributed by atoms with Gasteiger partial charge in [-0.15, -0.1) is 0 Å². The summed E-state index contributed by atoms with van der Waals surface area (Å²) in [7, 11) is 0. The molecule has 0 saturated carbocycles. The highest BCUT2D eigenvalue weighted by atomic mass is 19.4. The largest absolute Gasteiger partial charge is 0.483 e. The molecule has 8 heteroatoms. The third-order valence-corrected chi connectivity index (χ3v) is 4.32. The van der Waals surface area contributed by atoms with E-state index in [-0.39, 0.29) is 23.8 Å². The first-order chi connectivity index (χ1) is 13.7. The van der Waals surface area contributed by atoms with E-state index in [4.69, 9.17) is 4.74 Å². The zero-order valence-electron chi connectivity index (χ0n) is 16.2. The van der Waals surface area contributed by atoms with Crippen molar-refractivity contribution < 1.29 is 27.5 Å². The topological polar surface area (TPSA) is 67.4 Å². The van der Waals surface area contributed by atoms with Crippen LogP contribution in [0.1, 0.15) is 42.1 Å². The van der Waals surface area contributed by atoms with E-state index in [2.05, 4.69) is 19.2 Å². The second kappa shape index (κ2) is 9.95. The van der Waals surface area contributed by atoms with Crippen molar-refractivity contribution in [2.75, 3.05) is 18.5 Å². The smallest absolute Gasteiger partial charge is 0.405 e. The second-order valence-electron chi connectivity index (χ2n) is 6.53. The molecule has 0 aliphatic carbocycles. The molecule has 1 unspecified atom stereocenters. The Hall–Kier alpha value is -3.03. The number of halogens is 3. The Balaban J connectivity index is 2.03. The average Bonchev–Trinajstić information content (AvgIpc) is 2.70. The average molecular weight is 408 g/mol. The summed E-state index contributed by atoms with van der Waals surface area (Å²) in [6, 6.07) is 13.2. The number of carbonyl (C=O) groups excluding carboxylic acids is 2. The standard InChI is InChI=1S/C21H23F3N2O3/c1-3-14(2)15-8-5-7-11-18(15)29-12-19(27)26-17-10-6-4-9-16(17)20(28)25-13-21(22,23)24/h4-11,14H,3,12-13H2,1-2H3,(H,25,28)(H,26,27). The number of carbonyl (C=O) groups is 2. The Morgan fingerprint density at radius 2 is 1.72 bits per heavy atom. The van der Waals surface area contributed by atoms with Crippen molar-refractivity contribution in [3.63, 3.8) is 0 Å². The molecule has 0 spiro atoms. The Morgan fingerprint density at radius 3 is 2.41 bits per heavy atom. The van der Waals surface area contributed by atoms with Crippen LogP contribution < -0.4 is 15.4 Å². The van der Waals surface area contributed by atoms with Gasteiger partial charge in [0.2, 0.25) is 0 Å². The molecule has 0 aromatic heterocycles. The van der Waals surface area contributed by atoms with Crippen molar-refractivity contribution in [3.8, 4) is 5.75 Å². The fraction of sp³-hybridized carbons (Fsp3) is 0.333. The fourth-order valence-electron chi connectivity index (χ4n) is 2.63. The highest BCUT2D eigenvalue weighted by Gasteiger charge is 2.28. The third-order valence-electron chi connectivity index (χ3n) is 4.32. The Labute approximate surface area is 167 Å². The molecule has 2 amide bonds. The molecule has 0 saturated heterocycles. The number of para-hydroxylation sites is 2. The van der Waals surface area contributed by atoms with Crippen LogP contribution >= 0.6 is 0 Å². The summed E-state index contributed by atoms with van der Waals surface area (Å²) in [6.07, 6.45) is -3.61. The number of hydrogen-bond donors (Lipinski definition) is 2. The van der Waals surface area contributed by atoms with Crippen LogP contribution in [0.5, 0.6) is 5.75 Å². The van der Waals surface area contributed by atoms with E-state index in [1.165, 1.54) is 18.2 Å². The first kappa shape index (κ1) is 22.3. The number of hydrogen-bond acceptors (Lipinski definition) is 3. The monoisotopic (exact) mass is 408 g/mol. The highest BCUT2D eigenvalue weighted by Crippen LogP contribution is 2.28. The van der Waals surface area contributed by atoms with Gasteiger partial charge in [0.1, 0.15) is 12.3 Å². The van der Waals surface area contributed by atoms with Gasteiger partial charge in [-0.3, -0.25) is 9.59 Å². The molecule has 2 aromatic rings. The Bertz CT molecular complexity index is 853. The van der Waals surface area contributed by atoms with Gasteiger partial charge in [-0.1, -0.05) is 44.2 Å². The van der Waals surface area contributed by atoms with Crippen molar-refractivity contribution in [2.45, 2.75) is 32.4 Å². The van der Waals surface area contributed by atoms with Crippen LogP contribution in [0, 0.1) is 0 Å². The number of alkyl halides is 3. The maximum absolute atomic E-state index is 12.3. The number of nitrogens with one attached hydrogen (secondary N) is 2. The first-order valence-electron chi connectivity index (χ1n) is 9.16. The van der Waals surface area contributed by atoms with Crippen LogP contribution in [0.3, 0.4) is 0 Å². The lowest BCUT2D eigenvalue weighted by atomic mass is 9.98. The van der Waals surface area contributed by atoms with E-state index >= 15 is 0 Å². The van der Waals surface area contributed by atoms with Gasteiger partial charge in [0.05, 0.1) is 11.3 Å². The third kappa shape index (κ3) is 6.81. The SMILES string of the molecule is CCC(C)c1ccccc1OCC(=O)Nc1ccccc1C(=O)NCC(F)(F)F. The van der Waals surface area contributed by atoms with Crippen LogP contribution in [0.4, 0.5) is 18.9 Å². The number of amides is 2. The number of benzene rings is 2. The van der Waals surface area contributed by atoms with Gasteiger partial charge in [0.15, 0.2) is 6.61 Å². The quantitative estimate of drug-likeness (QED) is 0.675. The van der Waals surface area contributed by atoms with Gasteiger partial charge < -0.3 is 15.4 Å². The van der Waals surface area contributed by atoms with Crippen LogP contribution in [-0.2, 0) is 4.79 Å². The summed E-state index contributed by atoms with van der Waals surface area (Å²) >= 11 is 0. The molecule has 2 aromatic carbocycles. The number of anilines is 1. The summed E-state index contributed by atoms with van der Waals surface area (Å²) < 4.78 is 42.6. The summed E-state index contributed by atoms with van der Waals surface area (Å²) in [5, 5.41) is 4.31. The maximum Gasteiger partial charge on any atom is 0.405 e. The molecule has 2 N–H and O–H groups in total. The molecule has 0 fully saturated rings. The molecule has 5 nitrogen and oxygen atoms in total. The summed E-state index contributed by atoms with van der Waals surface area (Å²) in [4.78, 5) is 24.3. The summed E-state index contributed by atoms with van der Waals surface area (Å²) in [6.45, 7) is 2.35. The van der Waals surface area contributed by atoms with E-state index in [1.54, 1.807) is 23.5 Å². The first-order valence-corrected chi connectivity index (χ1v) is 9.16. The lowest BCUT2D eigenvalue weighted by Gasteiger charge is -2.16. The van der Waals surface area contributed by atoms with E-state index in [1.807, 2.05) is 12.1 Å². The fourth-order valence-corrected chi connectivity index (χ4v) is 2.63. The zero-order chi connectivity index (χ0) is 21.4. The Kier molecular flexibility index (Phi) is 7.64. The molecule has 0 radical (unpaired) electrons. The minimum atomic E-state index is -4.52. The number of ether oxygens (including phenoxy) is 1. The van der Waals surface area contributed by atoms with Gasteiger partial charge in [0.25, 0.3) is 11.8 Å². The van der Waals surface area contributed by atoms with Gasteiger partial charge in [-0.05, 0) is 36.1 Å². The van der Waals surface area contributed by atoms with Crippen LogP contribution in [0.2, 0.25) is 0 Å². The van der Waals surface area contributed by atoms with E-state index < -0.39 is 24.5 Å². The molecule has 156 valence electrons.